The molecule has 0 aliphatic carbocycles. The Hall–Kier alpha value is -1.40. The summed E-state index contributed by atoms with van der Waals surface area (Å²) in [6.07, 6.45) is 2.50. The molecule has 2 rings (SSSR count). The quantitative estimate of drug-likeness (QED) is 0.896. The molecule has 0 aromatic carbocycles. The third-order valence-corrected chi connectivity index (χ3v) is 3.07. The Morgan fingerprint density at radius 2 is 2.33 bits per heavy atom. The Morgan fingerprint density at radius 3 is 3.00 bits per heavy atom. The molecule has 5 nitrogen and oxygen atoms in total. The van der Waals surface area contributed by atoms with Gasteiger partial charge in [-0.15, -0.1) is 0 Å². The number of amides is 1. The Labute approximate surface area is 113 Å². The van der Waals surface area contributed by atoms with Crippen molar-refractivity contribution in [1.82, 2.24) is 14.7 Å². The summed E-state index contributed by atoms with van der Waals surface area (Å²) in [6, 6.07) is 3.74. The van der Waals surface area contributed by atoms with E-state index in [4.69, 9.17) is 5.11 Å². The Kier molecular flexibility index (Phi) is 3.98. The lowest BCUT2D eigenvalue weighted by atomic mass is 10.2. The molecule has 96 valence electrons. The van der Waals surface area contributed by atoms with Gasteiger partial charge in [0.15, 0.2) is 0 Å². The third kappa shape index (κ3) is 2.39. The highest BCUT2D eigenvalue weighted by molar-refractivity contribution is 9.10. The lowest BCUT2D eigenvalue weighted by Gasteiger charge is -2.05. The van der Waals surface area contributed by atoms with Gasteiger partial charge < -0.3 is 10.4 Å². The predicted octanol–water partition coefficient (Wildman–Crippen LogP) is 1.38. The second kappa shape index (κ2) is 5.49. The number of hydrogen-bond acceptors (Lipinski definition) is 3. The number of aliphatic hydroxyl groups excluding tert-OH is 1. The Balaban J connectivity index is 2.51. The molecule has 0 aliphatic rings. The first-order valence-corrected chi connectivity index (χ1v) is 6.52. The van der Waals surface area contributed by atoms with Gasteiger partial charge >= 0.3 is 0 Å². The maximum atomic E-state index is 12.1. The summed E-state index contributed by atoms with van der Waals surface area (Å²) in [5, 5.41) is 11.4. The van der Waals surface area contributed by atoms with Gasteiger partial charge in [0.2, 0.25) is 0 Å². The largest absolute Gasteiger partial charge is 0.395 e. The second-order valence-electron chi connectivity index (χ2n) is 3.82. The van der Waals surface area contributed by atoms with Crippen LogP contribution in [-0.4, -0.2) is 33.6 Å². The van der Waals surface area contributed by atoms with E-state index in [2.05, 4.69) is 26.2 Å². The predicted molar refractivity (Wildman–Crippen MR) is 71.7 cm³/mol. The van der Waals surface area contributed by atoms with Gasteiger partial charge in [-0.2, -0.15) is 0 Å². The molecule has 0 aliphatic heterocycles. The fraction of sp³-hybridized carbons (Fsp3) is 0.333. The van der Waals surface area contributed by atoms with Crippen LogP contribution in [0.15, 0.2) is 22.8 Å². The number of aryl methyl sites for hydroxylation is 1. The number of aromatic nitrogens is 2. The minimum Gasteiger partial charge on any atom is -0.395 e. The zero-order valence-electron chi connectivity index (χ0n) is 9.98. The second-order valence-corrected chi connectivity index (χ2v) is 4.73. The molecule has 2 aromatic rings. The van der Waals surface area contributed by atoms with Crippen molar-refractivity contribution in [2.75, 3.05) is 13.2 Å². The molecule has 1 amide bonds. The van der Waals surface area contributed by atoms with Crippen LogP contribution in [0.1, 0.15) is 23.1 Å². The van der Waals surface area contributed by atoms with Crippen LogP contribution < -0.4 is 5.32 Å². The van der Waals surface area contributed by atoms with E-state index in [0.717, 1.165) is 15.8 Å². The number of pyridine rings is 1. The average Bonchev–Trinajstić information content (AvgIpc) is 2.73. The highest BCUT2D eigenvalue weighted by atomic mass is 79.9. The fourth-order valence-corrected chi connectivity index (χ4v) is 2.14. The molecule has 2 N–H and O–H groups in total. The molecule has 2 aromatic heterocycles. The van der Waals surface area contributed by atoms with E-state index in [1.165, 1.54) is 0 Å². The van der Waals surface area contributed by atoms with Crippen molar-refractivity contribution in [3.05, 3.63) is 34.2 Å². The van der Waals surface area contributed by atoms with Gasteiger partial charge in [0.05, 0.1) is 12.3 Å². The molecule has 0 atom stereocenters. The zero-order valence-corrected chi connectivity index (χ0v) is 11.6. The van der Waals surface area contributed by atoms with E-state index < -0.39 is 0 Å². The van der Waals surface area contributed by atoms with Gasteiger partial charge in [-0.05, 0) is 34.5 Å². The third-order valence-electron chi connectivity index (χ3n) is 2.60. The minimum absolute atomic E-state index is 0.0758. The van der Waals surface area contributed by atoms with Crippen molar-refractivity contribution in [3.8, 4) is 0 Å². The summed E-state index contributed by atoms with van der Waals surface area (Å²) >= 11 is 3.38. The molecule has 0 spiro atoms. The molecule has 0 saturated carbocycles. The molecule has 0 fully saturated rings. The lowest BCUT2D eigenvalue weighted by molar-refractivity contribution is 0.0938. The maximum absolute atomic E-state index is 12.1. The van der Waals surface area contributed by atoms with Crippen LogP contribution >= 0.6 is 15.9 Å². The van der Waals surface area contributed by atoms with Crippen LogP contribution in [-0.2, 0) is 6.42 Å². The van der Waals surface area contributed by atoms with Gasteiger partial charge in [0.25, 0.3) is 5.91 Å². The number of hydrogen-bond donors (Lipinski definition) is 2. The number of fused-ring (bicyclic) bond motifs is 1. The standard InChI is InChI=1S/C12H14BrN3O2/c1-2-9-11(12(18)14-5-6-17)16-7-8(13)3-4-10(16)15-9/h3-4,7,17H,2,5-6H2,1H3,(H,14,18). The van der Waals surface area contributed by atoms with E-state index in [-0.39, 0.29) is 19.1 Å². The van der Waals surface area contributed by atoms with Crippen LogP contribution in [0.2, 0.25) is 0 Å². The van der Waals surface area contributed by atoms with E-state index in [0.29, 0.717) is 12.1 Å². The SMILES string of the molecule is CCc1nc2ccc(Br)cn2c1C(=O)NCCO. The van der Waals surface area contributed by atoms with E-state index in [9.17, 15) is 4.79 Å². The van der Waals surface area contributed by atoms with Crippen LogP contribution in [0.25, 0.3) is 5.65 Å². The molecule has 0 bridgehead atoms. The van der Waals surface area contributed by atoms with E-state index in [1.807, 2.05) is 25.3 Å². The Bertz CT molecular complexity index is 580. The molecule has 6 heteroatoms. The van der Waals surface area contributed by atoms with Gasteiger partial charge in [-0.3, -0.25) is 9.20 Å². The molecule has 2 heterocycles. The van der Waals surface area contributed by atoms with Crippen molar-refractivity contribution in [2.45, 2.75) is 13.3 Å². The summed E-state index contributed by atoms with van der Waals surface area (Å²) in [5.74, 6) is -0.216. The summed E-state index contributed by atoms with van der Waals surface area (Å²) in [6.45, 7) is 2.12. The van der Waals surface area contributed by atoms with Gasteiger partial charge in [0.1, 0.15) is 11.3 Å². The number of aliphatic hydroxyl groups is 1. The number of rotatable bonds is 4. The first-order valence-electron chi connectivity index (χ1n) is 5.73. The smallest absolute Gasteiger partial charge is 0.270 e. The number of carbonyl (C=O) groups is 1. The number of imidazole rings is 1. The molecule has 18 heavy (non-hydrogen) atoms. The summed E-state index contributed by atoms with van der Waals surface area (Å²) < 4.78 is 2.64. The van der Waals surface area contributed by atoms with Crippen molar-refractivity contribution in [2.24, 2.45) is 0 Å². The fourth-order valence-electron chi connectivity index (χ4n) is 1.81. The highest BCUT2D eigenvalue weighted by Gasteiger charge is 2.17. The van der Waals surface area contributed by atoms with E-state index >= 15 is 0 Å². The summed E-state index contributed by atoms with van der Waals surface area (Å²) in [4.78, 5) is 16.5. The molecular formula is C12H14BrN3O2. The number of carbonyl (C=O) groups excluding carboxylic acids is 1. The van der Waals surface area contributed by atoms with Crippen molar-refractivity contribution >= 4 is 27.5 Å². The van der Waals surface area contributed by atoms with Crippen molar-refractivity contribution < 1.29 is 9.90 Å². The summed E-state index contributed by atoms with van der Waals surface area (Å²) in [5.41, 5.74) is 2.02. The maximum Gasteiger partial charge on any atom is 0.270 e. The van der Waals surface area contributed by atoms with Gasteiger partial charge in [-0.1, -0.05) is 6.92 Å². The molecule has 0 unspecified atom stereocenters. The first kappa shape index (κ1) is 13.0. The van der Waals surface area contributed by atoms with Gasteiger partial charge in [-0.25, -0.2) is 4.98 Å². The average molecular weight is 312 g/mol. The number of nitrogens with zero attached hydrogens (tertiary/aromatic N) is 2. The van der Waals surface area contributed by atoms with Crippen LogP contribution in [0.4, 0.5) is 0 Å². The highest BCUT2D eigenvalue weighted by Crippen LogP contribution is 2.17. The zero-order chi connectivity index (χ0) is 13.1. The Morgan fingerprint density at radius 1 is 1.56 bits per heavy atom. The normalized spacial score (nSPS) is 10.8. The lowest BCUT2D eigenvalue weighted by Crippen LogP contribution is -2.28. The monoisotopic (exact) mass is 311 g/mol. The van der Waals surface area contributed by atoms with Crippen LogP contribution in [0.3, 0.4) is 0 Å². The summed E-state index contributed by atoms with van der Waals surface area (Å²) in [7, 11) is 0. The number of nitrogens with one attached hydrogen (secondary N) is 1. The van der Waals surface area contributed by atoms with Gasteiger partial charge in [0, 0.05) is 17.2 Å². The molecule has 0 saturated heterocycles. The topological polar surface area (TPSA) is 66.6 Å². The van der Waals surface area contributed by atoms with Crippen molar-refractivity contribution in [3.63, 3.8) is 0 Å². The number of halogens is 1. The minimum atomic E-state index is -0.216. The van der Waals surface area contributed by atoms with Crippen molar-refractivity contribution in [1.29, 1.82) is 0 Å². The first-order chi connectivity index (χ1) is 8.67. The molecule has 0 radical (unpaired) electrons. The molecular weight excluding hydrogens is 298 g/mol. The van der Waals surface area contributed by atoms with Crippen LogP contribution in [0, 0.1) is 0 Å². The van der Waals surface area contributed by atoms with E-state index in [1.54, 1.807) is 4.40 Å². The van der Waals surface area contributed by atoms with Crippen LogP contribution in [0.5, 0.6) is 0 Å².